The number of piperidine rings is 1. The van der Waals surface area contributed by atoms with Crippen LogP contribution in [0.3, 0.4) is 0 Å². The molecule has 7 nitrogen and oxygen atoms in total. The quantitative estimate of drug-likeness (QED) is 0.718. The average Bonchev–Trinajstić information content (AvgIpc) is 3.21. The van der Waals surface area contributed by atoms with Gasteiger partial charge >= 0.3 is 0 Å². The summed E-state index contributed by atoms with van der Waals surface area (Å²) in [5, 5.41) is 4.81. The molecule has 1 aliphatic heterocycles. The molecule has 0 aliphatic carbocycles. The first-order chi connectivity index (χ1) is 14.1. The molecular formula is C22H24N4O3. The molecule has 1 aromatic carbocycles. The second kappa shape index (κ2) is 8.03. The van der Waals surface area contributed by atoms with Gasteiger partial charge in [0.25, 0.3) is 11.8 Å². The summed E-state index contributed by atoms with van der Waals surface area (Å²) in [4.78, 5) is 31.3. The van der Waals surface area contributed by atoms with Crippen molar-refractivity contribution in [1.82, 2.24) is 15.0 Å². The number of para-hydroxylation sites is 1. The number of carbonyl (C=O) groups is 2. The van der Waals surface area contributed by atoms with Crippen molar-refractivity contribution < 1.29 is 14.1 Å². The van der Waals surface area contributed by atoms with E-state index in [0.29, 0.717) is 24.3 Å². The third-order valence-corrected chi connectivity index (χ3v) is 5.46. The summed E-state index contributed by atoms with van der Waals surface area (Å²) in [7, 11) is 0. The summed E-state index contributed by atoms with van der Waals surface area (Å²) in [6.45, 7) is 3.20. The van der Waals surface area contributed by atoms with E-state index in [9.17, 15) is 9.59 Å². The maximum absolute atomic E-state index is 12.7. The molecular weight excluding hydrogens is 368 g/mol. The zero-order valence-electron chi connectivity index (χ0n) is 16.4. The van der Waals surface area contributed by atoms with Crippen LogP contribution < -0.4 is 5.73 Å². The van der Waals surface area contributed by atoms with Crippen LogP contribution >= 0.6 is 0 Å². The van der Waals surface area contributed by atoms with Crippen LogP contribution in [0, 0.1) is 0 Å². The van der Waals surface area contributed by atoms with E-state index in [-0.39, 0.29) is 11.8 Å². The molecule has 0 unspecified atom stereocenters. The molecule has 0 saturated carbocycles. The number of likely N-dealkylation sites (tertiary alicyclic amines) is 1. The van der Waals surface area contributed by atoms with Gasteiger partial charge in [-0.05, 0) is 31.4 Å². The van der Waals surface area contributed by atoms with E-state index in [4.69, 9.17) is 15.2 Å². The number of aryl methyl sites for hydroxylation is 1. The highest BCUT2D eigenvalue weighted by atomic mass is 16.5. The lowest BCUT2D eigenvalue weighted by atomic mass is 9.89. The smallest absolute Gasteiger partial charge is 0.276 e. The van der Waals surface area contributed by atoms with E-state index in [2.05, 4.69) is 12.1 Å². The molecule has 0 radical (unpaired) electrons. The van der Waals surface area contributed by atoms with Gasteiger partial charge in [-0.15, -0.1) is 0 Å². The number of pyridine rings is 1. The molecule has 3 aromatic rings. The molecule has 2 aromatic heterocycles. The predicted octanol–water partition coefficient (Wildman–Crippen LogP) is 3.29. The van der Waals surface area contributed by atoms with Crippen LogP contribution in [0.2, 0.25) is 0 Å². The summed E-state index contributed by atoms with van der Waals surface area (Å²) in [5.41, 5.74) is 8.03. The molecule has 1 saturated heterocycles. The average molecular weight is 392 g/mol. The third kappa shape index (κ3) is 3.85. The third-order valence-electron chi connectivity index (χ3n) is 5.46. The standard InChI is InChI=1S/C22H24N4O3/c1-2-5-16-13-19(25-29-16)22(28)26-10-8-14(9-11-26)20-17(21(23)27)12-15-6-3-4-7-18(15)24-20/h3-4,6-7,12-14H,2,5,8-11H2,1H3,(H2,23,27). The molecule has 7 heteroatoms. The van der Waals surface area contributed by atoms with Crippen molar-refractivity contribution in [3.05, 3.63) is 59.1 Å². The van der Waals surface area contributed by atoms with Gasteiger partial charge in [-0.1, -0.05) is 30.3 Å². The Balaban J connectivity index is 1.51. The molecule has 1 aliphatic rings. The molecule has 2 amide bonds. The first kappa shape index (κ1) is 19.1. The molecule has 0 atom stereocenters. The van der Waals surface area contributed by atoms with Crippen LogP contribution in [-0.2, 0) is 6.42 Å². The number of nitrogens with zero attached hydrogens (tertiary/aromatic N) is 3. The Hall–Kier alpha value is -3.22. The van der Waals surface area contributed by atoms with Gasteiger partial charge in [0.15, 0.2) is 5.69 Å². The lowest BCUT2D eigenvalue weighted by molar-refractivity contribution is 0.0700. The van der Waals surface area contributed by atoms with E-state index >= 15 is 0 Å². The molecule has 0 spiro atoms. The van der Waals surface area contributed by atoms with Crippen molar-refractivity contribution >= 4 is 22.7 Å². The zero-order valence-corrected chi connectivity index (χ0v) is 16.4. The Labute approximate surface area is 168 Å². The number of carbonyl (C=O) groups excluding carboxylic acids is 2. The summed E-state index contributed by atoms with van der Waals surface area (Å²) in [5.74, 6) is 0.232. The fourth-order valence-electron chi connectivity index (χ4n) is 3.94. The maximum atomic E-state index is 12.7. The number of primary amides is 1. The fourth-order valence-corrected chi connectivity index (χ4v) is 3.94. The SMILES string of the molecule is CCCc1cc(C(=O)N2CCC(c3nc4ccccc4cc3C(N)=O)CC2)no1. The summed E-state index contributed by atoms with van der Waals surface area (Å²) >= 11 is 0. The van der Waals surface area contributed by atoms with Gasteiger partial charge in [-0.3, -0.25) is 14.6 Å². The minimum absolute atomic E-state index is 0.0825. The van der Waals surface area contributed by atoms with Crippen LogP contribution in [-0.4, -0.2) is 39.9 Å². The van der Waals surface area contributed by atoms with E-state index in [1.807, 2.05) is 30.3 Å². The van der Waals surface area contributed by atoms with Crippen molar-refractivity contribution in [3.8, 4) is 0 Å². The predicted molar refractivity (Wildman–Crippen MR) is 109 cm³/mol. The number of fused-ring (bicyclic) bond motifs is 1. The van der Waals surface area contributed by atoms with Crippen molar-refractivity contribution in [1.29, 1.82) is 0 Å². The first-order valence-electron chi connectivity index (χ1n) is 10.0. The van der Waals surface area contributed by atoms with Crippen molar-refractivity contribution in [2.24, 2.45) is 5.73 Å². The topological polar surface area (TPSA) is 102 Å². The number of nitrogens with two attached hydrogens (primary N) is 1. The monoisotopic (exact) mass is 392 g/mol. The number of hydrogen-bond donors (Lipinski definition) is 1. The normalized spacial score (nSPS) is 15.0. The second-order valence-electron chi connectivity index (χ2n) is 7.47. The van der Waals surface area contributed by atoms with E-state index in [1.54, 1.807) is 11.0 Å². The number of amides is 2. The van der Waals surface area contributed by atoms with Gasteiger partial charge in [-0.2, -0.15) is 0 Å². The van der Waals surface area contributed by atoms with E-state index < -0.39 is 5.91 Å². The van der Waals surface area contributed by atoms with Crippen LogP contribution in [0.5, 0.6) is 0 Å². The minimum atomic E-state index is -0.470. The number of rotatable bonds is 5. The van der Waals surface area contributed by atoms with Gasteiger partial charge in [0.05, 0.1) is 16.8 Å². The number of aromatic nitrogens is 2. The zero-order chi connectivity index (χ0) is 20.4. The van der Waals surface area contributed by atoms with Crippen molar-refractivity contribution in [3.63, 3.8) is 0 Å². The summed E-state index contributed by atoms with van der Waals surface area (Å²) < 4.78 is 5.23. The highest BCUT2D eigenvalue weighted by Crippen LogP contribution is 2.31. The Morgan fingerprint density at radius 3 is 2.69 bits per heavy atom. The number of benzene rings is 1. The molecule has 3 heterocycles. The molecule has 2 N–H and O–H groups in total. The van der Waals surface area contributed by atoms with Crippen LogP contribution in [0.15, 0.2) is 40.9 Å². The lowest BCUT2D eigenvalue weighted by Gasteiger charge is -2.31. The summed E-state index contributed by atoms with van der Waals surface area (Å²) in [6.07, 6.45) is 3.15. The van der Waals surface area contributed by atoms with Crippen molar-refractivity contribution in [2.45, 2.75) is 38.5 Å². The summed E-state index contributed by atoms with van der Waals surface area (Å²) in [6, 6.07) is 11.2. The Morgan fingerprint density at radius 1 is 1.21 bits per heavy atom. The Morgan fingerprint density at radius 2 is 1.97 bits per heavy atom. The van der Waals surface area contributed by atoms with Gasteiger partial charge < -0.3 is 15.2 Å². The van der Waals surface area contributed by atoms with Gasteiger partial charge in [-0.25, -0.2) is 0 Å². The first-order valence-corrected chi connectivity index (χ1v) is 10.0. The lowest BCUT2D eigenvalue weighted by Crippen LogP contribution is -2.38. The highest BCUT2D eigenvalue weighted by Gasteiger charge is 2.29. The molecule has 29 heavy (non-hydrogen) atoms. The van der Waals surface area contributed by atoms with Gasteiger partial charge in [0.2, 0.25) is 0 Å². The largest absolute Gasteiger partial charge is 0.366 e. The van der Waals surface area contributed by atoms with Crippen LogP contribution in [0.4, 0.5) is 0 Å². The van der Waals surface area contributed by atoms with Gasteiger partial charge in [0.1, 0.15) is 5.76 Å². The number of hydrogen-bond acceptors (Lipinski definition) is 5. The Kier molecular flexibility index (Phi) is 5.29. The molecule has 0 bridgehead atoms. The molecule has 1 fully saturated rings. The molecule has 150 valence electrons. The minimum Gasteiger partial charge on any atom is -0.366 e. The highest BCUT2D eigenvalue weighted by molar-refractivity contribution is 5.98. The maximum Gasteiger partial charge on any atom is 0.276 e. The fraction of sp³-hybridized carbons (Fsp3) is 0.364. The second-order valence-corrected chi connectivity index (χ2v) is 7.47. The van der Waals surface area contributed by atoms with Crippen LogP contribution in [0.1, 0.15) is 64.4 Å². The molecule has 4 rings (SSSR count). The van der Waals surface area contributed by atoms with Gasteiger partial charge in [0, 0.05) is 36.9 Å². The van der Waals surface area contributed by atoms with E-state index in [0.717, 1.165) is 48.0 Å². The Bertz CT molecular complexity index is 1050. The van der Waals surface area contributed by atoms with Crippen LogP contribution in [0.25, 0.3) is 10.9 Å². The van der Waals surface area contributed by atoms with Crippen molar-refractivity contribution in [2.75, 3.05) is 13.1 Å². The van der Waals surface area contributed by atoms with E-state index in [1.165, 1.54) is 0 Å².